The highest BCUT2D eigenvalue weighted by Crippen LogP contribution is 1.94. The summed E-state index contributed by atoms with van der Waals surface area (Å²) in [6, 6.07) is 0. The Labute approximate surface area is 51.2 Å². The van der Waals surface area contributed by atoms with Gasteiger partial charge in [-0.05, 0) is 13.3 Å². The number of hydrogen-bond acceptors (Lipinski definition) is 0. The van der Waals surface area contributed by atoms with Crippen molar-refractivity contribution in [3.63, 3.8) is 0 Å². The third kappa shape index (κ3) is 3.41. The summed E-state index contributed by atoms with van der Waals surface area (Å²) in [5.41, 5.74) is 1.21. The van der Waals surface area contributed by atoms with Gasteiger partial charge in [0.1, 0.15) is 0 Å². The van der Waals surface area contributed by atoms with Crippen molar-refractivity contribution in [3.8, 4) is 0 Å². The van der Waals surface area contributed by atoms with Crippen molar-refractivity contribution in [2.45, 2.75) is 13.3 Å². The summed E-state index contributed by atoms with van der Waals surface area (Å²) in [7, 11) is 0. The molecule has 0 aliphatic carbocycles. The van der Waals surface area contributed by atoms with E-state index in [0.29, 0.717) is 0 Å². The van der Waals surface area contributed by atoms with Crippen LogP contribution in [0.4, 0.5) is 0 Å². The van der Waals surface area contributed by atoms with E-state index >= 15 is 0 Å². The topological polar surface area (TPSA) is 0 Å². The molecule has 0 aliphatic rings. The molecule has 0 fully saturated rings. The van der Waals surface area contributed by atoms with Crippen LogP contribution in [0.5, 0.6) is 0 Å². The Bertz CT molecular complexity index is 107. The highest BCUT2D eigenvalue weighted by Gasteiger charge is 1.73. The second-order valence-corrected chi connectivity index (χ2v) is 1.68. The molecule has 0 N–H and O–H groups in total. The largest absolute Gasteiger partial charge is 0.103 e. The Morgan fingerprint density at radius 3 is 2.50 bits per heavy atom. The lowest BCUT2D eigenvalue weighted by molar-refractivity contribution is 1.34. The molecule has 8 heavy (non-hydrogen) atoms. The number of rotatable bonds is 3. The van der Waals surface area contributed by atoms with E-state index in [1.807, 2.05) is 19.1 Å². The van der Waals surface area contributed by atoms with Crippen molar-refractivity contribution in [2.75, 3.05) is 0 Å². The van der Waals surface area contributed by atoms with E-state index in [2.05, 4.69) is 19.2 Å². The van der Waals surface area contributed by atoms with Crippen LogP contribution in [0.2, 0.25) is 0 Å². The molecule has 0 atom stereocenters. The zero-order valence-electron chi connectivity index (χ0n) is 5.35. The number of allylic oxidation sites excluding steroid dienone is 4. The van der Waals surface area contributed by atoms with Crippen LogP contribution in [0.15, 0.2) is 37.0 Å². The molecular formula is C8H12. The molecule has 0 rings (SSSR count). The van der Waals surface area contributed by atoms with E-state index in [1.54, 1.807) is 0 Å². The summed E-state index contributed by atoms with van der Waals surface area (Å²) >= 11 is 0. The Morgan fingerprint density at radius 2 is 2.12 bits per heavy atom. The maximum atomic E-state index is 3.61. The zero-order valence-corrected chi connectivity index (χ0v) is 5.35. The minimum atomic E-state index is 0.942. The van der Waals surface area contributed by atoms with Crippen LogP contribution in [0, 0.1) is 0 Å². The Balaban J connectivity index is 3.56. The second-order valence-electron chi connectivity index (χ2n) is 1.68. The molecule has 0 saturated heterocycles. The van der Waals surface area contributed by atoms with Crippen molar-refractivity contribution in [1.82, 2.24) is 0 Å². The Hall–Kier alpha value is -0.780. The molecule has 0 unspecified atom stereocenters. The first-order valence-corrected chi connectivity index (χ1v) is 2.71. The molecule has 44 valence electrons. The van der Waals surface area contributed by atoms with Gasteiger partial charge in [-0.3, -0.25) is 0 Å². The molecule has 0 radical (unpaired) electrons. The summed E-state index contributed by atoms with van der Waals surface area (Å²) in [6.07, 6.45) is 6.73. The molecule has 0 heterocycles. The quantitative estimate of drug-likeness (QED) is 0.385. The smallest absolute Gasteiger partial charge is 0.0166 e. The van der Waals surface area contributed by atoms with Crippen molar-refractivity contribution in [1.29, 1.82) is 0 Å². The van der Waals surface area contributed by atoms with Gasteiger partial charge in [0.2, 0.25) is 0 Å². The minimum Gasteiger partial charge on any atom is -0.103 e. The standard InChI is InChI=1S/C8H12/c1-4-6-7-8(3)5-2/h4-5,7H,1-2,6H2,3H3/b8-7-. The molecule has 0 spiro atoms. The first-order valence-electron chi connectivity index (χ1n) is 2.71. The van der Waals surface area contributed by atoms with Crippen molar-refractivity contribution in [3.05, 3.63) is 37.0 Å². The van der Waals surface area contributed by atoms with Crippen LogP contribution < -0.4 is 0 Å². The summed E-state index contributed by atoms with van der Waals surface area (Å²) in [4.78, 5) is 0. The third-order valence-electron chi connectivity index (χ3n) is 0.928. The van der Waals surface area contributed by atoms with Gasteiger partial charge in [0.05, 0.1) is 0 Å². The van der Waals surface area contributed by atoms with E-state index in [4.69, 9.17) is 0 Å². The van der Waals surface area contributed by atoms with Gasteiger partial charge in [-0.25, -0.2) is 0 Å². The SMILES string of the molecule is C=CC/C=C(/C)C=C. The molecule has 0 amide bonds. The van der Waals surface area contributed by atoms with Gasteiger partial charge >= 0.3 is 0 Å². The average molecular weight is 108 g/mol. The van der Waals surface area contributed by atoms with E-state index in [-0.39, 0.29) is 0 Å². The van der Waals surface area contributed by atoms with Gasteiger partial charge in [0.15, 0.2) is 0 Å². The van der Waals surface area contributed by atoms with E-state index < -0.39 is 0 Å². The fourth-order valence-electron chi connectivity index (χ4n) is 0.353. The molecule has 0 saturated carbocycles. The van der Waals surface area contributed by atoms with E-state index in [9.17, 15) is 0 Å². The highest BCUT2D eigenvalue weighted by molar-refractivity contribution is 5.13. The average Bonchev–Trinajstić information content (AvgIpc) is 1.83. The fourth-order valence-corrected chi connectivity index (χ4v) is 0.353. The highest BCUT2D eigenvalue weighted by atomic mass is 13.8. The van der Waals surface area contributed by atoms with Crippen LogP contribution in [0.25, 0.3) is 0 Å². The van der Waals surface area contributed by atoms with Crippen LogP contribution in [-0.4, -0.2) is 0 Å². The van der Waals surface area contributed by atoms with Crippen molar-refractivity contribution < 1.29 is 0 Å². The minimum absolute atomic E-state index is 0.942. The third-order valence-corrected chi connectivity index (χ3v) is 0.928. The van der Waals surface area contributed by atoms with Gasteiger partial charge < -0.3 is 0 Å². The lowest BCUT2D eigenvalue weighted by atomic mass is 10.2. The molecule has 0 nitrogen and oxygen atoms in total. The predicted molar refractivity (Wildman–Crippen MR) is 38.8 cm³/mol. The molecule has 0 aromatic rings. The maximum absolute atomic E-state index is 3.61. The van der Waals surface area contributed by atoms with Gasteiger partial charge in [-0.1, -0.05) is 30.4 Å². The molecule has 0 aromatic heterocycles. The monoisotopic (exact) mass is 108 g/mol. The summed E-state index contributed by atoms with van der Waals surface area (Å²) < 4.78 is 0. The van der Waals surface area contributed by atoms with Gasteiger partial charge in [-0.15, -0.1) is 6.58 Å². The molecule has 0 aliphatic heterocycles. The number of hydrogen-bond donors (Lipinski definition) is 0. The second kappa shape index (κ2) is 4.38. The predicted octanol–water partition coefficient (Wildman–Crippen LogP) is 2.69. The van der Waals surface area contributed by atoms with Crippen LogP contribution in [-0.2, 0) is 0 Å². The zero-order chi connectivity index (χ0) is 6.41. The summed E-state index contributed by atoms with van der Waals surface area (Å²) in [6.45, 7) is 9.22. The summed E-state index contributed by atoms with van der Waals surface area (Å²) in [5, 5.41) is 0. The fraction of sp³-hybridized carbons (Fsp3) is 0.250. The lowest BCUT2D eigenvalue weighted by Gasteiger charge is -1.84. The first kappa shape index (κ1) is 7.22. The first-order chi connectivity index (χ1) is 3.81. The molecule has 0 aromatic carbocycles. The maximum Gasteiger partial charge on any atom is -0.0166 e. The molecular weight excluding hydrogens is 96.1 g/mol. The lowest BCUT2D eigenvalue weighted by Crippen LogP contribution is -1.63. The van der Waals surface area contributed by atoms with Gasteiger partial charge in [0.25, 0.3) is 0 Å². The Kier molecular flexibility index (Phi) is 3.95. The van der Waals surface area contributed by atoms with Crippen LogP contribution in [0.3, 0.4) is 0 Å². The van der Waals surface area contributed by atoms with Crippen LogP contribution >= 0.6 is 0 Å². The Morgan fingerprint density at radius 1 is 1.50 bits per heavy atom. The van der Waals surface area contributed by atoms with Crippen molar-refractivity contribution in [2.24, 2.45) is 0 Å². The summed E-state index contributed by atoms with van der Waals surface area (Å²) in [5.74, 6) is 0. The van der Waals surface area contributed by atoms with Crippen molar-refractivity contribution >= 4 is 0 Å². The molecule has 0 heteroatoms. The van der Waals surface area contributed by atoms with E-state index in [1.165, 1.54) is 5.57 Å². The normalized spacial score (nSPS) is 10.9. The molecule has 0 bridgehead atoms. The van der Waals surface area contributed by atoms with Crippen LogP contribution in [0.1, 0.15) is 13.3 Å². The van der Waals surface area contributed by atoms with Gasteiger partial charge in [-0.2, -0.15) is 0 Å². The van der Waals surface area contributed by atoms with Gasteiger partial charge in [0, 0.05) is 0 Å². The van der Waals surface area contributed by atoms with E-state index in [0.717, 1.165) is 6.42 Å².